The third kappa shape index (κ3) is 6.10. The Morgan fingerprint density at radius 3 is 2.41 bits per heavy atom. The SMILES string of the molecule is CCOC(=O)Nc1ccc2c(C)nccc2c1.Cc1ccc(C(C)C)cc1. The van der Waals surface area contributed by atoms with Crippen molar-refractivity contribution < 1.29 is 9.53 Å². The quantitative estimate of drug-likeness (QED) is 0.599. The van der Waals surface area contributed by atoms with Gasteiger partial charge in [0.1, 0.15) is 0 Å². The van der Waals surface area contributed by atoms with Crippen LogP contribution in [0.4, 0.5) is 10.5 Å². The first kappa shape index (κ1) is 20.4. The maximum absolute atomic E-state index is 11.3. The predicted octanol–water partition coefficient (Wildman–Crippen LogP) is 6.23. The van der Waals surface area contributed by atoms with E-state index in [4.69, 9.17) is 4.74 Å². The second kappa shape index (κ2) is 9.72. The molecule has 1 aromatic heterocycles. The van der Waals surface area contributed by atoms with Crippen LogP contribution in [0, 0.1) is 13.8 Å². The minimum absolute atomic E-state index is 0.364. The second-order valence-corrected chi connectivity index (χ2v) is 6.74. The largest absolute Gasteiger partial charge is 0.450 e. The molecular formula is C23H28N2O2. The van der Waals surface area contributed by atoms with E-state index in [-0.39, 0.29) is 0 Å². The summed E-state index contributed by atoms with van der Waals surface area (Å²) in [7, 11) is 0. The van der Waals surface area contributed by atoms with Crippen LogP contribution in [0.2, 0.25) is 0 Å². The summed E-state index contributed by atoms with van der Waals surface area (Å²) < 4.78 is 4.82. The van der Waals surface area contributed by atoms with E-state index in [1.165, 1.54) is 11.1 Å². The van der Waals surface area contributed by atoms with Crippen molar-refractivity contribution >= 4 is 22.6 Å². The van der Waals surface area contributed by atoms with E-state index in [0.29, 0.717) is 12.5 Å². The highest BCUT2D eigenvalue weighted by atomic mass is 16.5. The lowest BCUT2D eigenvalue weighted by Crippen LogP contribution is -2.13. The molecule has 0 unspecified atom stereocenters. The Kier molecular flexibility index (Phi) is 7.35. The van der Waals surface area contributed by atoms with Crippen molar-refractivity contribution in [3.63, 3.8) is 0 Å². The Morgan fingerprint density at radius 1 is 1.07 bits per heavy atom. The molecule has 0 saturated carbocycles. The van der Waals surface area contributed by atoms with Gasteiger partial charge in [-0.2, -0.15) is 0 Å². The smallest absolute Gasteiger partial charge is 0.411 e. The van der Waals surface area contributed by atoms with E-state index in [1.807, 2.05) is 31.2 Å². The molecule has 0 radical (unpaired) electrons. The number of aryl methyl sites for hydroxylation is 2. The standard InChI is InChI=1S/C13H14N2O2.C10H14/c1-3-17-13(16)15-11-4-5-12-9(2)14-7-6-10(12)8-11;1-8(2)10-6-4-9(3)5-7-10/h4-8H,3H2,1-2H3,(H,15,16);4-8H,1-3H3. The zero-order chi connectivity index (χ0) is 19.8. The predicted molar refractivity (Wildman–Crippen MR) is 112 cm³/mol. The van der Waals surface area contributed by atoms with Crippen molar-refractivity contribution in [3.8, 4) is 0 Å². The number of hydrogen-bond acceptors (Lipinski definition) is 3. The van der Waals surface area contributed by atoms with Gasteiger partial charge in [0.05, 0.1) is 6.61 Å². The van der Waals surface area contributed by atoms with Crippen LogP contribution < -0.4 is 5.32 Å². The Balaban J connectivity index is 0.000000223. The first-order valence-corrected chi connectivity index (χ1v) is 9.26. The fourth-order valence-corrected chi connectivity index (χ4v) is 2.64. The summed E-state index contributed by atoms with van der Waals surface area (Å²) in [6.07, 6.45) is 1.32. The van der Waals surface area contributed by atoms with Gasteiger partial charge in [-0.25, -0.2) is 4.79 Å². The molecule has 2 aromatic carbocycles. The van der Waals surface area contributed by atoms with Gasteiger partial charge < -0.3 is 4.74 Å². The lowest BCUT2D eigenvalue weighted by Gasteiger charge is -2.07. The molecule has 4 nitrogen and oxygen atoms in total. The van der Waals surface area contributed by atoms with Gasteiger partial charge in [-0.3, -0.25) is 10.3 Å². The van der Waals surface area contributed by atoms with Gasteiger partial charge in [-0.15, -0.1) is 0 Å². The minimum Gasteiger partial charge on any atom is -0.450 e. The average molecular weight is 364 g/mol. The normalized spacial score (nSPS) is 10.3. The monoisotopic (exact) mass is 364 g/mol. The van der Waals surface area contributed by atoms with Gasteiger partial charge in [0.2, 0.25) is 0 Å². The number of fused-ring (bicyclic) bond motifs is 1. The number of hydrogen-bond donors (Lipinski definition) is 1. The molecule has 142 valence electrons. The van der Waals surface area contributed by atoms with Gasteiger partial charge >= 0.3 is 6.09 Å². The highest BCUT2D eigenvalue weighted by Crippen LogP contribution is 2.20. The van der Waals surface area contributed by atoms with E-state index in [2.05, 4.69) is 55.3 Å². The van der Waals surface area contributed by atoms with E-state index >= 15 is 0 Å². The number of benzene rings is 2. The Morgan fingerprint density at radius 2 is 1.78 bits per heavy atom. The maximum Gasteiger partial charge on any atom is 0.411 e. The van der Waals surface area contributed by atoms with E-state index in [0.717, 1.165) is 22.2 Å². The van der Waals surface area contributed by atoms with E-state index < -0.39 is 6.09 Å². The van der Waals surface area contributed by atoms with E-state index in [9.17, 15) is 4.79 Å². The number of carbonyl (C=O) groups excluding carboxylic acids is 1. The zero-order valence-electron chi connectivity index (χ0n) is 16.7. The first-order chi connectivity index (χ1) is 12.9. The molecule has 4 heteroatoms. The van der Waals surface area contributed by atoms with E-state index in [1.54, 1.807) is 13.1 Å². The van der Waals surface area contributed by atoms with Crippen LogP contribution in [-0.4, -0.2) is 17.7 Å². The lowest BCUT2D eigenvalue weighted by molar-refractivity contribution is 0.168. The number of carbonyl (C=O) groups is 1. The number of pyridine rings is 1. The molecule has 1 amide bonds. The fourth-order valence-electron chi connectivity index (χ4n) is 2.64. The van der Waals surface area contributed by atoms with Crippen LogP contribution in [0.15, 0.2) is 54.7 Å². The van der Waals surface area contributed by atoms with Gasteiger partial charge in [0.25, 0.3) is 0 Å². The third-order valence-corrected chi connectivity index (χ3v) is 4.23. The third-order valence-electron chi connectivity index (χ3n) is 4.23. The molecule has 3 rings (SSSR count). The molecule has 0 bridgehead atoms. The number of rotatable bonds is 3. The number of nitrogens with one attached hydrogen (secondary N) is 1. The Hall–Kier alpha value is -2.88. The Labute approximate surface area is 161 Å². The van der Waals surface area contributed by atoms with Crippen LogP contribution in [-0.2, 0) is 4.74 Å². The number of ether oxygens (including phenoxy) is 1. The van der Waals surface area contributed by atoms with Crippen LogP contribution in [0.1, 0.15) is 43.5 Å². The molecule has 0 aliphatic carbocycles. The summed E-state index contributed by atoms with van der Waals surface area (Å²) in [5.41, 5.74) is 4.46. The maximum atomic E-state index is 11.3. The highest BCUT2D eigenvalue weighted by Gasteiger charge is 2.03. The van der Waals surface area contributed by atoms with Crippen molar-refractivity contribution in [1.29, 1.82) is 0 Å². The van der Waals surface area contributed by atoms with Gasteiger partial charge in [-0.1, -0.05) is 49.7 Å². The van der Waals surface area contributed by atoms with Crippen molar-refractivity contribution in [2.75, 3.05) is 11.9 Å². The zero-order valence-corrected chi connectivity index (χ0v) is 16.7. The average Bonchev–Trinajstić information content (AvgIpc) is 2.63. The highest BCUT2D eigenvalue weighted by molar-refractivity contribution is 5.91. The summed E-state index contributed by atoms with van der Waals surface area (Å²) in [4.78, 5) is 15.5. The van der Waals surface area contributed by atoms with Gasteiger partial charge in [0, 0.05) is 23.0 Å². The number of nitrogens with zero attached hydrogens (tertiary/aromatic N) is 1. The molecule has 0 saturated heterocycles. The molecule has 0 atom stereocenters. The summed E-state index contributed by atoms with van der Waals surface area (Å²) >= 11 is 0. The number of aromatic nitrogens is 1. The first-order valence-electron chi connectivity index (χ1n) is 9.26. The number of anilines is 1. The number of amides is 1. The Bertz CT molecular complexity index is 887. The van der Waals surface area contributed by atoms with Gasteiger partial charge in [0.15, 0.2) is 0 Å². The summed E-state index contributed by atoms with van der Waals surface area (Å²) in [5, 5.41) is 4.81. The molecule has 27 heavy (non-hydrogen) atoms. The second-order valence-electron chi connectivity index (χ2n) is 6.74. The van der Waals surface area contributed by atoms with Crippen LogP contribution >= 0.6 is 0 Å². The molecule has 0 spiro atoms. The lowest BCUT2D eigenvalue weighted by atomic mass is 10.0. The van der Waals surface area contributed by atoms with Crippen molar-refractivity contribution in [2.45, 2.75) is 40.5 Å². The van der Waals surface area contributed by atoms with Crippen molar-refractivity contribution in [2.24, 2.45) is 0 Å². The molecular weight excluding hydrogens is 336 g/mol. The van der Waals surface area contributed by atoms with Crippen LogP contribution in [0.25, 0.3) is 10.8 Å². The molecule has 1 heterocycles. The fraction of sp³-hybridized carbons (Fsp3) is 0.304. The molecule has 1 N–H and O–H groups in total. The van der Waals surface area contributed by atoms with Crippen LogP contribution in [0.3, 0.4) is 0 Å². The summed E-state index contributed by atoms with van der Waals surface area (Å²) in [5.74, 6) is 0.653. The molecule has 3 aromatic rings. The molecule has 0 aliphatic rings. The van der Waals surface area contributed by atoms with Crippen molar-refractivity contribution in [3.05, 3.63) is 71.5 Å². The summed E-state index contributed by atoms with van der Waals surface area (Å²) in [6.45, 7) is 10.6. The summed E-state index contributed by atoms with van der Waals surface area (Å²) in [6, 6.07) is 16.3. The topological polar surface area (TPSA) is 51.2 Å². The van der Waals surface area contributed by atoms with Crippen molar-refractivity contribution in [1.82, 2.24) is 4.98 Å². The van der Waals surface area contributed by atoms with Gasteiger partial charge in [-0.05, 0) is 55.8 Å². The molecule has 0 aliphatic heterocycles. The molecule has 0 fully saturated rings. The van der Waals surface area contributed by atoms with Crippen LogP contribution in [0.5, 0.6) is 0 Å². The minimum atomic E-state index is -0.433.